The summed E-state index contributed by atoms with van der Waals surface area (Å²) in [6.07, 6.45) is 4.68. The van der Waals surface area contributed by atoms with Gasteiger partial charge >= 0.3 is 5.97 Å². The van der Waals surface area contributed by atoms with Gasteiger partial charge in [-0.1, -0.05) is 26.0 Å². The SMILES string of the molecule is CC1(C)CCN(Cc2ccc(C=CC(=O)O)cc2F)CC1. The van der Waals surface area contributed by atoms with Crippen molar-refractivity contribution >= 4 is 12.0 Å². The summed E-state index contributed by atoms with van der Waals surface area (Å²) in [4.78, 5) is 12.7. The van der Waals surface area contributed by atoms with Crippen molar-refractivity contribution in [3.05, 3.63) is 41.2 Å². The van der Waals surface area contributed by atoms with Crippen molar-refractivity contribution < 1.29 is 14.3 Å². The molecule has 1 aromatic rings. The van der Waals surface area contributed by atoms with E-state index < -0.39 is 5.97 Å². The third kappa shape index (κ3) is 4.67. The van der Waals surface area contributed by atoms with Gasteiger partial charge in [0.2, 0.25) is 0 Å². The van der Waals surface area contributed by atoms with Crippen LogP contribution in [0.2, 0.25) is 0 Å². The maximum Gasteiger partial charge on any atom is 0.328 e. The zero-order valence-electron chi connectivity index (χ0n) is 12.6. The number of likely N-dealkylation sites (tertiary alicyclic amines) is 1. The van der Waals surface area contributed by atoms with E-state index in [1.165, 1.54) is 12.1 Å². The van der Waals surface area contributed by atoms with E-state index >= 15 is 0 Å². The molecule has 21 heavy (non-hydrogen) atoms. The Labute approximate surface area is 125 Å². The van der Waals surface area contributed by atoms with Crippen molar-refractivity contribution in [1.29, 1.82) is 0 Å². The van der Waals surface area contributed by atoms with Crippen LogP contribution in [0.15, 0.2) is 24.3 Å². The smallest absolute Gasteiger partial charge is 0.328 e. The standard InChI is InChI=1S/C17H22FNO2/c1-17(2)7-9-19(10-8-17)12-14-5-3-13(11-15(14)18)4-6-16(20)21/h3-6,11H,7-10,12H2,1-2H3,(H,20,21). The lowest BCUT2D eigenvalue weighted by Gasteiger charge is -2.36. The van der Waals surface area contributed by atoms with Crippen molar-refractivity contribution in [2.45, 2.75) is 33.2 Å². The summed E-state index contributed by atoms with van der Waals surface area (Å²) in [5, 5.41) is 8.57. The first-order valence-corrected chi connectivity index (χ1v) is 7.27. The second-order valence-electron chi connectivity index (χ2n) is 6.46. The molecule has 1 aliphatic heterocycles. The quantitative estimate of drug-likeness (QED) is 0.863. The Kier molecular flexibility index (Phi) is 4.78. The zero-order chi connectivity index (χ0) is 15.5. The lowest BCUT2D eigenvalue weighted by atomic mass is 9.82. The summed E-state index contributed by atoms with van der Waals surface area (Å²) in [6, 6.07) is 4.89. The lowest BCUT2D eigenvalue weighted by molar-refractivity contribution is -0.131. The Morgan fingerprint density at radius 3 is 2.62 bits per heavy atom. The van der Waals surface area contributed by atoms with Crippen LogP contribution < -0.4 is 0 Å². The normalized spacial score (nSPS) is 19.0. The second kappa shape index (κ2) is 6.39. The molecule has 1 heterocycles. The fourth-order valence-electron chi connectivity index (χ4n) is 2.52. The van der Waals surface area contributed by atoms with Gasteiger partial charge in [-0.2, -0.15) is 0 Å². The Hall–Kier alpha value is -1.68. The van der Waals surface area contributed by atoms with E-state index in [4.69, 9.17) is 5.11 Å². The van der Waals surface area contributed by atoms with Crippen LogP contribution in [0.1, 0.15) is 37.8 Å². The highest BCUT2D eigenvalue weighted by molar-refractivity contribution is 5.85. The highest BCUT2D eigenvalue weighted by Gasteiger charge is 2.25. The highest BCUT2D eigenvalue weighted by atomic mass is 19.1. The van der Waals surface area contributed by atoms with Crippen molar-refractivity contribution in [3.63, 3.8) is 0 Å². The lowest BCUT2D eigenvalue weighted by Crippen LogP contribution is -2.36. The van der Waals surface area contributed by atoms with Crippen molar-refractivity contribution in [3.8, 4) is 0 Å². The average Bonchev–Trinajstić information content (AvgIpc) is 2.41. The highest BCUT2D eigenvalue weighted by Crippen LogP contribution is 2.30. The van der Waals surface area contributed by atoms with Crippen LogP contribution in [0.5, 0.6) is 0 Å². The van der Waals surface area contributed by atoms with Gasteiger partial charge < -0.3 is 5.11 Å². The third-order valence-corrected chi connectivity index (χ3v) is 4.10. The van der Waals surface area contributed by atoms with E-state index in [9.17, 15) is 9.18 Å². The molecule has 2 rings (SSSR count). The predicted octanol–water partition coefficient (Wildman–Crippen LogP) is 3.55. The molecule has 3 nitrogen and oxygen atoms in total. The van der Waals surface area contributed by atoms with Gasteiger partial charge in [0.05, 0.1) is 0 Å². The van der Waals surface area contributed by atoms with Crippen LogP contribution in [-0.4, -0.2) is 29.1 Å². The summed E-state index contributed by atoms with van der Waals surface area (Å²) in [7, 11) is 0. The number of nitrogens with zero attached hydrogens (tertiary/aromatic N) is 1. The molecule has 0 spiro atoms. The average molecular weight is 291 g/mol. The number of rotatable bonds is 4. The van der Waals surface area contributed by atoms with Crippen LogP contribution >= 0.6 is 0 Å². The third-order valence-electron chi connectivity index (χ3n) is 4.10. The molecule has 1 aliphatic rings. The number of carbonyl (C=O) groups is 1. The summed E-state index contributed by atoms with van der Waals surface area (Å²) in [5.74, 6) is -1.30. The van der Waals surface area contributed by atoms with Gasteiger partial charge in [-0.05, 0) is 49.1 Å². The van der Waals surface area contributed by atoms with Crippen molar-refractivity contribution in [1.82, 2.24) is 4.90 Å². The maximum absolute atomic E-state index is 14.1. The van der Waals surface area contributed by atoms with E-state index in [1.54, 1.807) is 12.1 Å². The number of carboxylic acids is 1. The monoisotopic (exact) mass is 291 g/mol. The first-order valence-electron chi connectivity index (χ1n) is 7.27. The number of benzene rings is 1. The van der Waals surface area contributed by atoms with Crippen LogP contribution in [0, 0.1) is 11.2 Å². The molecule has 1 aromatic carbocycles. The molecule has 0 radical (unpaired) electrons. The topological polar surface area (TPSA) is 40.5 Å². The molecule has 1 N–H and O–H groups in total. The summed E-state index contributed by atoms with van der Waals surface area (Å²) < 4.78 is 14.1. The van der Waals surface area contributed by atoms with Gasteiger partial charge in [0.15, 0.2) is 0 Å². The zero-order valence-corrected chi connectivity index (χ0v) is 12.6. The van der Waals surface area contributed by atoms with E-state index in [0.717, 1.165) is 32.0 Å². The van der Waals surface area contributed by atoms with Gasteiger partial charge in [0.1, 0.15) is 5.82 Å². The van der Waals surface area contributed by atoms with Crippen molar-refractivity contribution in [2.75, 3.05) is 13.1 Å². The Morgan fingerprint density at radius 1 is 1.38 bits per heavy atom. The molecule has 0 aromatic heterocycles. The molecule has 1 fully saturated rings. The minimum Gasteiger partial charge on any atom is -0.478 e. The number of piperidine rings is 1. The van der Waals surface area contributed by atoms with Crippen LogP contribution in [0.4, 0.5) is 4.39 Å². The number of hydrogen-bond donors (Lipinski definition) is 1. The number of aliphatic carboxylic acids is 1. The molecule has 0 unspecified atom stereocenters. The summed E-state index contributed by atoms with van der Waals surface area (Å²) >= 11 is 0. The molecule has 4 heteroatoms. The van der Waals surface area contributed by atoms with Gasteiger partial charge in [-0.25, -0.2) is 9.18 Å². The number of hydrogen-bond acceptors (Lipinski definition) is 2. The maximum atomic E-state index is 14.1. The first-order chi connectivity index (χ1) is 9.85. The van der Waals surface area contributed by atoms with Crippen LogP contribution in [0.3, 0.4) is 0 Å². The minimum atomic E-state index is -1.03. The van der Waals surface area contributed by atoms with E-state index in [2.05, 4.69) is 18.7 Å². The predicted molar refractivity (Wildman–Crippen MR) is 81.4 cm³/mol. The van der Waals surface area contributed by atoms with Gasteiger partial charge in [0, 0.05) is 18.2 Å². The molecular weight excluding hydrogens is 269 g/mol. The molecule has 0 saturated carbocycles. The minimum absolute atomic E-state index is 0.271. The largest absolute Gasteiger partial charge is 0.478 e. The number of halogens is 1. The van der Waals surface area contributed by atoms with Gasteiger partial charge in [0.25, 0.3) is 0 Å². The van der Waals surface area contributed by atoms with Crippen LogP contribution in [-0.2, 0) is 11.3 Å². The summed E-state index contributed by atoms with van der Waals surface area (Å²) in [5.41, 5.74) is 1.63. The Morgan fingerprint density at radius 2 is 2.05 bits per heavy atom. The fourth-order valence-corrected chi connectivity index (χ4v) is 2.52. The van der Waals surface area contributed by atoms with E-state index in [0.29, 0.717) is 23.1 Å². The van der Waals surface area contributed by atoms with Gasteiger partial charge in [-0.3, -0.25) is 4.90 Å². The molecule has 0 bridgehead atoms. The molecule has 0 atom stereocenters. The molecule has 114 valence electrons. The first kappa shape index (κ1) is 15.7. The molecule has 0 amide bonds. The van der Waals surface area contributed by atoms with Crippen LogP contribution in [0.25, 0.3) is 6.08 Å². The fraction of sp³-hybridized carbons (Fsp3) is 0.471. The van der Waals surface area contributed by atoms with Crippen molar-refractivity contribution in [2.24, 2.45) is 5.41 Å². The van der Waals surface area contributed by atoms with Gasteiger partial charge in [-0.15, -0.1) is 0 Å². The second-order valence-corrected chi connectivity index (χ2v) is 6.46. The van der Waals surface area contributed by atoms with E-state index in [1.807, 2.05) is 0 Å². The Balaban J connectivity index is 2.00. The van der Waals surface area contributed by atoms with E-state index in [-0.39, 0.29) is 5.82 Å². The molecule has 1 saturated heterocycles. The molecular formula is C17H22FNO2. The Bertz CT molecular complexity index is 542. The summed E-state index contributed by atoms with van der Waals surface area (Å²) in [6.45, 7) is 7.15. The number of carboxylic acid groups (broad SMARTS) is 1. The molecule has 0 aliphatic carbocycles.